The molecule has 1 aromatic heterocycles. The van der Waals surface area contributed by atoms with Crippen LogP contribution >= 0.6 is 11.6 Å². The molecule has 0 fully saturated rings. The van der Waals surface area contributed by atoms with Gasteiger partial charge >= 0.3 is 0 Å². The largest absolute Gasteiger partial charge is 0.496 e. The third-order valence-electron chi connectivity index (χ3n) is 2.36. The van der Waals surface area contributed by atoms with E-state index in [9.17, 15) is 4.79 Å². The highest BCUT2D eigenvalue weighted by molar-refractivity contribution is 6.31. The number of aryl methyl sites for hydroxylation is 1. The van der Waals surface area contributed by atoms with Gasteiger partial charge in [-0.3, -0.25) is 9.89 Å². The predicted octanol–water partition coefficient (Wildman–Crippen LogP) is 2.63. The molecule has 0 saturated heterocycles. The van der Waals surface area contributed by atoms with Crippen LogP contribution in [0.3, 0.4) is 0 Å². The van der Waals surface area contributed by atoms with E-state index in [2.05, 4.69) is 15.5 Å². The summed E-state index contributed by atoms with van der Waals surface area (Å²) in [6, 6.07) is 6.57. The van der Waals surface area contributed by atoms with Crippen molar-refractivity contribution in [1.82, 2.24) is 10.2 Å². The normalized spacial score (nSPS) is 10.2. The van der Waals surface area contributed by atoms with Crippen molar-refractivity contribution in [1.29, 1.82) is 0 Å². The van der Waals surface area contributed by atoms with Crippen LogP contribution in [-0.4, -0.2) is 23.2 Å². The van der Waals surface area contributed by atoms with E-state index >= 15 is 0 Å². The van der Waals surface area contributed by atoms with Gasteiger partial charge in [-0.1, -0.05) is 11.6 Å². The van der Waals surface area contributed by atoms with Crippen LogP contribution in [0.5, 0.6) is 5.75 Å². The Morgan fingerprint density at radius 3 is 2.83 bits per heavy atom. The van der Waals surface area contributed by atoms with Gasteiger partial charge in [0.25, 0.3) is 5.91 Å². The second-order valence-electron chi connectivity index (χ2n) is 3.73. The summed E-state index contributed by atoms with van der Waals surface area (Å²) >= 11 is 5.83. The molecule has 2 N–H and O–H groups in total. The molecule has 1 aromatic carbocycles. The first-order valence-electron chi connectivity index (χ1n) is 5.27. The molecule has 1 amide bonds. The number of nitrogens with zero attached hydrogens (tertiary/aromatic N) is 1. The number of benzene rings is 1. The summed E-state index contributed by atoms with van der Waals surface area (Å²) in [5.74, 6) is 0.594. The van der Waals surface area contributed by atoms with Crippen LogP contribution in [0, 0.1) is 6.92 Å². The Labute approximate surface area is 109 Å². The average molecular weight is 266 g/mol. The number of amides is 1. The Bertz CT molecular complexity index is 580. The number of anilines is 1. The third kappa shape index (κ3) is 2.62. The van der Waals surface area contributed by atoms with E-state index < -0.39 is 0 Å². The van der Waals surface area contributed by atoms with Crippen LogP contribution < -0.4 is 10.1 Å². The number of rotatable bonds is 3. The van der Waals surface area contributed by atoms with Gasteiger partial charge in [-0.15, -0.1) is 0 Å². The Hall–Kier alpha value is -2.01. The number of aromatic amines is 1. The van der Waals surface area contributed by atoms with Crippen molar-refractivity contribution in [2.75, 3.05) is 12.4 Å². The zero-order valence-electron chi connectivity index (χ0n) is 9.95. The molecule has 0 spiro atoms. The van der Waals surface area contributed by atoms with Crippen LogP contribution in [0.4, 0.5) is 5.82 Å². The minimum absolute atomic E-state index is 0.296. The van der Waals surface area contributed by atoms with Crippen molar-refractivity contribution >= 4 is 23.3 Å². The van der Waals surface area contributed by atoms with Crippen LogP contribution in [0.2, 0.25) is 5.02 Å². The number of carbonyl (C=O) groups is 1. The molecule has 0 atom stereocenters. The maximum atomic E-state index is 12.0. The highest BCUT2D eigenvalue weighted by Crippen LogP contribution is 2.23. The quantitative estimate of drug-likeness (QED) is 0.896. The highest BCUT2D eigenvalue weighted by Gasteiger charge is 2.13. The molecule has 0 unspecified atom stereocenters. The summed E-state index contributed by atoms with van der Waals surface area (Å²) in [4.78, 5) is 12.0. The van der Waals surface area contributed by atoms with E-state index in [-0.39, 0.29) is 5.91 Å². The lowest BCUT2D eigenvalue weighted by Gasteiger charge is -2.08. The molecule has 2 rings (SSSR count). The fraction of sp³-hybridized carbons (Fsp3) is 0.167. The number of hydrogen-bond donors (Lipinski definition) is 2. The minimum Gasteiger partial charge on any atom is -0.496 e. The number of hydrogen-bond acceptors (Lipinski definition) is 3. The second-order valence-corrected chi connectivity index (χ2v) is 4.17. The molecule has 0 aliphatic heterocycles. The van der Waals surface area contributed by atoms with E-state index in [4.69, 9.17) is 16.3 Å². The van der Waals surface area contributed by atoms with Gasteiger partial charge in [-0.25, -0.2) is 0 Å². The zero-order valence-corrected chi connectivity index (χ0v) is 10.7. The highest BCUT2D eigenvalue weighted by atomic mass is 35.5. The molecule has 6 heteroatoms. The molecule has 18 heavy (non-hydrogen) atoms. The summed E-state index contributed by atoms with van der Waals surface area (Å²) in [7, 11) is 1.49. The number of H-pyrrole nitrogens is 1. The summed E-state index contributed by atoms with van der Waals surface area (Å²) in [5.41, 5.74) is 1.27. The zero-order chi connectivity index (χ0) is 13.1. The van der Waals surface area contributed by atoms with Crippen LogP contribution in [0.1, 0.15) is 16.1 Å². The molecular formula is C12H12ClN3O2. The van der Waals surface area contributed by atoms with Crippen molar-refractivity contribution in [2.45, 2.75) is 6.92 Å². The summed E-state index contributed by atoms with van der Waals surface area (Å²) in [6.45, 7) is 1.85. The molecule has 5 nitrogen and oxygen atoms in total. The maximum Gasteiger partial charge on any atom is 0.260 e. The molecule has 0 saturated carbocycles. The SMILES string of the molecule is COc1cc(Cl)ccc1C(=O)Nc1cc(C)[nH]n1. The number of ether oxygens (including phenoxy) is 1. The Morgan fingerprint density at radius 1 is 1.44 bits per heavy atom. The van der Waals surface area contributed by atoms with Gasteiger partial charge in [0.2, 0.25) is 0 Å². The Balaban J connectivity index is 2.23. The fourth-order valence-electron chi connectivity index (χ4n) is 1.52. The molecule has 1 heterocycles. The van der Waals surface area contributed by atoms with E-state index in [0.717, 1.165) is 5.69 Å². The average Bonchev–Trinajstić information content (AvgIpc) is 2.74. The molecule has 0 aliphatic rings. The van der Waals surface area contributed by atoms with Crippen LogP contribution in [0.25, 0.3) is 0 Å². The standard InChI is InChI=1S/C12H12ClN3O2/c1-7-5-11(16-15-7)14-12(17)9-4-3-8(13)6-10(9)18-2/h3-6H,1-2H3,(H2,14,15,16,17). The lowest BCUT2D eigenvalue weighted by Crippen LogP contribution is -2.13. The number of methoxy groups -OCH3 is 1. The van der Waals surface area contributed by atoms with Crippen molar-refractivity contribution in [3.05, 3.63) is 40.5 Å². The first kappa shape index (κ1) is 12.4. The van der Waals surface area contributed by atoms with Crippen molar-refractivity contribution < 1.29 is 9.53 Å². The summed E-state index contributed by atoms with van der Waals surface area (Å²) in [6.07, 6.45) is 0. The molecular weight excluding hydrogens is 254 g/mol. The first-order valence-corrected chi connectivity index (χ1v) is 5.65. The van der Waals surface area contributed by atoms with Crippen molar-refractivity contribution in [3.8, 4) is 5.75 Å². The molecule has 94 valence electrons. The fourth-order valence-corrected chi connectivity index (χ4v) is 1.68. The van der Waals surface area contributed by atoms with E-state index in [1.807, 2.05) is 6.92 Å². The number of halogens is 1. The second kappa shape index (κ2) is 5.10. The van der Waals surface area contributed by atoms with Gasteiger partial charge in [0.15, 0.2) is 5.82 Å². The first-order chi connectivity index (χ1) is 8.60. The van der Waals surface area contributed by atoms with Gasteiger partial charge < -0.3 is 10.1 Å². The van der Waals surface area contributed by atoms with Crippen LogP contribution in [-0.2, 0) is 0 Å². The predicted molar refractivity (Wildman–Crippen MR) is 69.3 cm³/mol. The lowest BCUT2D eigenvalue weighted by atomic mass is 10.2. The van der Waals surface area contributed by atoms with Crippen molar-refractivity contribution in [3.63, 3.8) is 0 Å². The monoisotopic (exact) mass is 265 g/mol. The van der Waals surface area contributed by atoms with Gasteiger partial charge in [0.1, 0.15) is 5.75 Å². The third-order valence-corrected chi connectivity index (χ3v) is 2.59. The van der Waals surface area contributed by atoms with E-state index in [0.29, 0.717) is 22.2 Å². The minimum atomic E-state index is -0.296. The number of aromatic nitrogens is 2. The molecule has 0 bridgehead atoms. The summed E-state index contributed by atoms with van der Waals surface area (Å²) < 4.78 is 5.12. The van der Waals surface area contributed by atoms with Gasteiger partial charge in [0, 0.05) is 16.8 Å². The topological polar surface area (TPSA) is 67.0 Å². The molecule has 0 radical (unpaired) electrons. The smallest absolute Gasteiger partial charge is 0.260 e. The van der Waals surface area contributed by atoms with Gasteiger partial charge in [0.05, 0.1) is 12.7 Å². The van der Waals surface area contributed by atoms with Gasteiger partial charge in [-0.2, -0.15) is 5.10 Å². The number of carbonyl (C=O) groups excluding carboxylic acids is 1. The Morgan fingerprint density at radius 2 is 2.22 bits per heavy atom. The summed E-state index contributed by atoms with van der Waals surface area (Å²) in [5, 5.41) is 9.86. The maximum absolute atomic E-state index is 12.0. The Kier molecular flexibility index (Phi) is 3.53. The van der Waals surface area contributed by atoms with E-state index in [1.165, 1.54) is 7.11 Å². The van der Waals surface area contributed by atoms with E-state index in [1.54, 1.807) is 24.3 Å². The van der Waals surface area contributed by atoms with Gasteiger partial charge in [-0.05, 0) is 25.1 Å². The number of nitrogens with one attached hydrogen (secondary N) is 2. The van der Waals surface area contributed by atoms with Crippen molar-refractivity contribution in [2.24, 2.45) is 0 Å². The molecule has 2 aromatic rings. The lowest BCUT2D eigenvalue weighted by molar-refractivity contribution is 0.102. The van der Waals surface area contributed by atoms with Crippen LogP contribution in [0.15, 0.2) is 24.3 Å². The molecule has 0 aliphatic carbocycles.